The van der Waals surface area contributed by atoms with E-state index >= 15 is 0 Å². The van der Waals surface area contributed by atoms with Crippen LogP contribution in [0.1, 0.15) is 51.3 Å². The Kier molecular flexibility index (Phi) is 4.60. The number of aromatic nitrogens is 2. The highest BCUT2D eigenvalue weighted by Crippen LogP contribution is 2.42. The minimum absolute atomic E-state index is 0.0114. The van der Waals surface area contributed by atoms with Crippen LogP contribution >= 0.6 is 0 Å². The molecule has 1 aliphatic rings. The monoisotopic (exact) mass is 266 g/mol. The summed E-state index contributed by atoms with van der Waals surface area (Å²) in [6.07, 6.45) is 6.37. The molecule has 0 bridgehead atoms. The lowest BCUT2D eigenvalue weighted by molar-refractivity contribution is -0.0824. The Morgan fingerprint density at radius 3 is 3.05 bits per heavy atom. The largest absolute Gasteiger partial charge is 0.376 e. The van der Waals surface area contributed by atoms with Gasteiger partial charge in [0.15, 0.2) is 0 Å². The summed E-state index contributed by atoms with van der Waals surface area (Å²) >= 11 is 0. The number of aryl methyl sites for hydroxylation is 1. The van der Waals surface area contributed by atoms with Crippen LogP contribution in [0, 0.1) is 5.92 Å². The number of methoxy groups -OCH3 is 1. The van der Waals surface area contributed by atoms with Crippen molar-refractivity contribution in [3.63, 3.8) is 0 Å². The van der Waals surface area contributed by atoms with Gasteiger partial charge in [-0.15, -0.1) is 0 Å². The van der Waals surface area contributed by atoms with Crippen molar-refractivity contribution in [3.05, 3.63) is 18.0 Å². The van der Waals surface area contributed by atoms with Crippen LogP contribution in [-0.2, 0) is 11.3 Å². The summed E-state index contributed by atoms with van der Waals surface area (Å²) in [6, 6.07) is 2.02. The molecule has 3 N–H and O–H groups in total. The lowest BCUT2D eigenvalue weighted by Crippen LogP contribution is -2.51. The maximum atomic E-state index is 5.94. The summed E-state index contributed by atoms with van der Waals surface area (Å²) in [5.74, 6) is 6.52. The SMILES string of the molecule is CCn1nccc1C(NN)C1(OC)CCCC(C)C1. The molecule has 1 aliphatic carbocycles. The average Bonchev–Trinajstić information content (AvgIpc) is 2.87. The minimum atomic E-state index is -0.223. The lowest BCUT2D eigenvalue weighted by atomic mass is 9.74. The molecule has 19 heavy (non-hydrogen) atoms. The fourth-order valence-electron chi connectivity index (χ4n) is 3.47. The molecule has 0 spiro atoms. The van der Waals surface area contributed by atoms with Crippen molar-refractivity contribution in [2.24, 2.45) is 11.8 Å². The van der Waals surface area contributed by atoms with Crippen LogP contribution in [0.5, 0.6) is 0 Å². The van der Waals surface area contributed by atoms with Gasteiger partial charge >= 0.3 is 0 Å². The fraction of sp³-hybridized carbons (Fsp3) is 0.786. The molecule has 1 aromatic rings. The van der Waals surface area contributed by atoms with E-state index in [4.69, 9.17) is 10.6 Å². The van der Waals surface area contributed by atoms with Crippen molar-refractivity contribution < 1.29 is 4.74 Å². The number of hydrazine groups is 1. The zero-order valence-electron chi connectivity index (χ0n) is 12.2. The van der Waals surface area contributed by atoms with Crippen molar-refractivity contribution in [1.29, 1.82) is 0 Å². The zero-order valence-corrected chi connectivity index (χ0v) is 12.2. The van der Waals surface area contributed by atoms with E-state index < -0.39 is 0 Å². The van der Waals surface area contributed by atoms with E-state index in [1.165, 1.54) is 12.8 Å². The molecule has 0 aliphatic heterocycles. The Hall–Kier alpha value is -0.910. The van der Waals surface area contributed by atoms with E-state index in [1.54, 1.807) is 7.11 Å². The first-order chi connectivity index (χ1) is 9.16. The highest BCUT2D eigenvalue weighted by Gasteiger charge is 2.43. The van der Waals surface area contributed by atoms with E-state index in [0.29, 0.717) is 5.92 Å². The molecular weight excluding hydrogens is 240 g/mol. The molecule has 0 saturated heterocycles. The highest BCUT2D eigenvalue weighted by atomic mass is 16.5. The van der Waals surface area contributed by atoms with E-state index in [0.717, 1.165) is 25.1 Å². The molecule has 2 rings (SSSR count). The van der Waals surface area contributed by atoms with Gasteiger partial charge in [-0.3, -0.25) is 10.5 Å². The molecule has 1 saturated carbocycles. The predicted octanol–water partition coefficient (Wildman–Crippen LogP) is 2.00. The highest BCUT2D eigenvalue weighted by molar-refractivity contribution is 5.14. The molecule has 0 aromatic carbocycles. The molecule has 3 atom stereocenters. The second-order valence-corrected chi connectivity index (χ2v) is 5.64. The number of hydrogen-bond acceptors (Lipinski definition) is 4. The quantitative estimate of drug-likeness (QED) is 0.632. The second-order valence-electron chi connectivity index (χ2n) is 5.64. The van der Waals surface area contributed by atoms with E-state index in [9.17, 15) is 0 Å². The van der Waals surface area contributed by atoms with Gasteiger partial charge in [0.2, 0.25) is 0 Å². The summed E-state index contributed by atoms with van der Waals surface area (Å²) in [4.78, 5) is 0. The maximum Gasteiger partial charge on any atom is 0.0918 e. The van der Waals surface area contributed by atoms with Gasteiger partial charge in [0.1, 0.15) is 0 Å². The minimum Gasteiger partial charge on any atom is -0.376 e. The summed E-state index contributed by atoms with van der Waals surface area (Å²) in [5.41, 5.74) is 3.86. The molecule has 1 heterocycles. The van der Waals surface area contributed by atoms with Crippen LogP contribution in [0.4, 0.5) is 0 Å². The average molecular weight is 266 g/mol. The van der Waals surface area contributed by atoms with Crippen molar-refractivity contribution in [2.75, 3.05) is 7.11 Å². The van der Waals surface area contributed by atoms with E-state index in [1.807, 2.05) is 16.9 Å². The van der Waals surface area contributed by atoms with Gasteiger partial charge in [-0.1, -0.05) is 19.8 Å². The first-order valence-electron chi connectivity index (χ1n) is 7.20. The third-order valence-electron chi connectivity index (χ3n) is 4.43. The van der Waals surface area contributed by atoms with E-state index in [-0.39, 0.29) is 11.6 Å². The van der Waals surface area contributed by atoms with Gasteiger partial charge in [-0.05, 0) is 31.7 Å². The number of rotatable bonds is 5. The molecule has 5 nitrogen and oxygen atoms in total. The fourth-order valence-corrected chi connectivity index (χ4v) is 3.47. The van der Waals surface area contributed by atoms with Gasteiger partial charge in [0.05, 0.1) is 17.3 Å². The number of nitrogens with one attached hydrogen (secondary N) is 1. The zero-order chi connectivity index (χ0) is 13.9. The molecule has 1 aromatic heterocycles. The molecule has 5 heteroatoms. The second kappa shape index (κ2) is 6.03. The normalized spacial score (nSPS) is 29.4. The van der Waals surface area contributed by atoms with Crippen LogP contribution in [0.3, 0.4) is 0 Å². The van der Waals surface area contributed by atoms with Crippen LogP contribution in [-0.4, -0.2) is 22.5 Å². The van der Waals surface area contributed by atoms with Crippen molar-refractivity contribution in [3.8, 4) is 0 Å². The Balaban J connectivity index is 2.33. The predicted molar refractivity (Wildman–Crippen MR) is 75.3 cm³/mol. The Morgan fingerprint density at radius 2 is 2.47 bits per heavy atom. The Bertz CT molecular complexity index is 406. The van der Waals surface area contributed by atoms with E-state index in [2.05, 4.69) is 24.4 Å². The Labute approximate surface area is 115 Å². The third kappa shape index (κ3) is 2.68. The van der Waals surface area contributed by atoms with Gasteiger partial charge < -0.3 is 4.74 Å². The smallest absolute Gasteiger partial charge is 0.0918 e. The lowest BCUT2D eigenvalue weighted by Gasteiger charge is -2.44. The number of hydrogen-bond donors (Lipinski definition) is 2. The molecule has 0 radical (unpaired) electrons. The number of ether oxygens (including phenoxy) is 1. The number of nitrogens with two attached hydrogens (primary N) is 1. The summed E-state index contributed by atoms with van der Waals surface area (Å²) < 4.78 is 7.93. The van der Waals surface area contributed by atoms with Crippen LogP contribution in [0.2, 0.25) is 0 Å². The number of nitrogens with zero attached hydrogens (tertiary/aromatic N) is 2. The first kappa shape index (κ1) is 14.5. The molecule has 0 amide bonds. The third-order valence-corrected chi connectivity index (χ3v) is 4.43. The van der Waals surface area contributed by atoms with Crippen LogP contribution in [0.25, 0.3) is 0 Å². The summed E-state index contributed by atoms with van der Waals surface area (Å²) in [6.45, 7) is 5.22. The first-order valence-corrected chi connectivity index (χ1v) is 7.20. The maximum absolute atomic E-state index is 5.94. The molecule has 1 fully saturated rings. The Morgan fingerprint density at radius 1 is 1.68 bits per heavy atom. The van der Waals surface area contributed by atoms with Crippen molar-refractivity contribution >= 4 is 0 Å². The molecule has 108 valence electrons. The topological polar surface area (TPSA) is 65.1 Å². The van der Waals surface area contributed by atoms with Crippen molar-refractivity contribution in [1.82, 2.24) is 15.2 Å². The van der Waals surface area contributed by atoms with Gasteiger partial charge in [0, 0.05) is 19.9 Å². The van der Waals surface area contributed by atoms with Crippen molar-refractivity contribution in [2.45, 2.75) is 57.7 Å². The van der Waals surface area contributed by atoms with Gasteiger partial charge in [-0.2, -0.15) is 5.10 Å². The van der Waals surface area contributed by atoms with Gasteiger partial charge in [0.25, 0.3) is 0 Å². The standard InChI is InChI=1S/C14H26N4O/c1-4-18-12(7-9-16-18)13(17-15)14(19-3)8-5-6-11(2)10-14/h7,9,11,13,17H,4-6,8,10,15H2,1-3H3. The van der Waals surface area contributed by atoms with Crippen LogP contribution < -0.4 is 11.3 Å². The van der Waals surface area contributed by atoms with Gasteiger partial charge in [-0.25, -0.2) is 5.43 Å². The van der Waals surface area contributed by atoms with Crippen LogP contribution in [0.15, 0.2) is 12.3 Å². The summed E-state index contributed by atoms with van der Waals surface area (Å²) in [5, 5.41) is 4.35. The molecular formula is C14H26N4O. The molecule has 3 unspecified atom stereocenters. The summed E-state index contributed by atoms with van der Waals surface area (Å²) in [7, 11) is 1.80.